The summed E-state index contributed by atoms with van der Waals surface area (Å²) in [5, 5.41) is 3.14. The number of ether oxygens (including phenoxy) is 1. The van der Waals surface area contributed by atoms with Crippen molar-refractivity contribution in [1.82, 2.24) is 5.32 Å². The van der Waals surface area contributed by atoms with E-state index in [4.69, 9.17) is 4.74 Å². The maximum absolute atomic E-state index is 12.1. The Morgan fingerprint density at radius 1 is 1.09 bits per heavy atom. The van der Waals surface area contributed by atoms with E-state index >= 15 is 0 Å². The zero-order chi connectivity index (χ0) is 15.8. The van der Waals surface area contributed by atoms with E-state index in [1.165, 1.54) is 0 Å². The SMILES string of the molecule is CN[C@H](C)CCC(=O)c1ccc(OCc2ccccc2)cc1. The molecule has 0 aliphatic rings. The lowest BCUT2D eigenvalue weighted by Crippen LogP contribution is -2.21. The zero-order valence-electron chi connectivity index (χ0n) is 13.2. The fourth-order valence-corrected chi connectivity index (χ4v) is 2.11. The lowest BCUT2D eigenvalue weighted by molar-refractivity contribution is 0.0977. The number of nitrogens with one attached hydrogen (secondary N) is 1. The summed E-state index contributed by atoms with van der Waals surface area (Å²) < 4.78 is 5.72. The second-order valence-electron chi connectivity index (χ2n) is 5.45. The van der Waals surface area contributed by atoms with E-state index in [0.717, 1.165) is 23.3 Å². The molecule has 0 aliphatic heterocycles. The predicted molar refractivity (Wildman–Crippen MR) is 89.3 cm³/mol. The molecular formula is C19H23NO2. The van der Waals surface area contributed by atoms with Crippen molar-refractivity contribution in [2.75, 3.05) is 7.05 Å². The molecule has 0 radical (unpaired) electrons. The summed E-state index contributed by atoms with van der Waals surface area (Å²) in [7, 11) is 1.91. The molecule has 0 saturated heterocycles. The molecule has 3 heteroatoms. The largest absolute Gasteiger partial charge is 0.489 e. The van der Waals surface area contributed by atoms with Crippen LogP contribution in [0.5, 0.6) is 5.75 Å². The van der Waals surface area contributed by atoms with Gasteiger partial charge in [-0.1, -0.05) is 30.3 Å². The highest BCUT2D eigenvalue weighted by Crippen LogP contribution is 2.16. The summed E-state index contributed by atoms with van der Waals surface area (Å²) in [5.41, 5.74) is 1.87. The smallest absolute Gasteiger partial charge is 0.162 e. The Hall–Kier alpha value is -2.13. The molecule has 2 rings (SSSR count). The maximum atomic E-state index is 12.1. The Bertz CT molecular complexity index is 578. The summed E-state index contributed by atoms with van der Waals surface area (Å²) in [6, 6.07) is 17.8. The second-order valence-corrected chi connectivity index (χ2v) is 5.45. The molecule has 0 unspecified atom stereocenters. The summed E-state index contributed by atoms with van der Waals surface area (Å²) in [6.07, 6.45) is 1.41. The summed E-state index contributed by atoms with van der Waals surface area (Å²) in [6.45, 7) is 2.61. The third-order valence-corrected chi connectivity index (χ3v) is 3.72. The molecule has 0 spiro atoms. The van der Waals surface area contributed by atoms with Crippen molar-refractivity contribution in [3.8, 4) is 5.75 Å². The van der Waals surface area contributed by atoms with Crippen LogP contribution in [0.2, 0.25) is 0 Å². The first-order chi connectivity index (χ1) is 10.7. The number of hydrogen-bond donors (Lipinski definition) is 1. The topological polar surface area (TPSA) is 38.3 Å². The van der Waals surface area contributed by atoms with Gasteiger partial charge in [0, 0.05) is 18.0 Å². The van der Waals surface area contributed by atoms with Crippen molar-refractivity contribution in [2.24, 2.45) is 0 Å². The molecule has 116 valence electrons. The van der Waals surface area contributed by atoms with Crippen molar-refractivity contribution in [3.63, 3.8) is 0 Å². The van der Waals surface area contributed by atoms with Crippen LogP contribution in [0.15, 0.2) is 54.6 Å². The first-order valence-electron chi connectivity index (χ1n) is 7.66. The fraction of sp³-hybridized carbons (Fsp3) is 0.316. The van der Waals surface area contributed by atoms with Gasteiger partial charge < -0.3 is 10.1 Å². The van der Waals surface area contributed by atoms with Crippen LogP contribution in [0, 0.1) is 0 Å². The van der Waals surface area contributed by atoms with Crippen LogP contribution in [0.1, 0.15) is 35.7 Å². The van der Waals surface area contributed by atoms with Crippen molar-refractivity contribution in [2.45, 2.75) is 32.4 Å². The molecule has 0 aliphatic carbocycles. The average molecular weight is 297 g/mol. The van der Waals surface area contributed by atoms with Gasteiger partial charge in [0.15, 0.2) is 5.78 Å². The van der Waals surface area contributed by atoms with Gasteiger partial charge in [0.1, 0.15) is 12.4 Å². The van der Waals surface area contributed by atoms with Crippen molar-refractivity contribution in [1.29, 1.82) is 0 Å². The summed E-state index contributed by atoms with van der Waals surface area (Å²) in [5.74, 6) is 0.959. The quantitative estimate of drug-likeness (QED) is 0.752. The molecule has 0 bridgehead atoms. The second kappa shape index (κ2) is 8.35. The number of rotatable bonds is 8. The minimum absolute atomic E-state index is 0.178. The molecule has 1 N–H and O–H groups in total. The standard InChI is InChI=1S/C19H23NO2/c1-15(20-2)8-13-19(21)17-9-11-18(12-10-17)22-14-16-6-4-3-5-7-16/h3-7,9-12,15,20H,8,13-14H2,1-2H3/t15-/m1/s1. The predicted octanol–water partition coefficient (Wildman–Crippen LogP) is 3.84. The minimum atomic E-state index is 0.178. The number of carbonyl (C=O) groups is 1. The van der Waals surface area contributed by atoms with Gasteiger partial charge in [0.2, 0.25) is 0 Å². The average Bonchev–Trinajstić information content (AvgIpc) is 2.59. The highest BCUT2D eigenvalue weighted by Gasteiger charge is 2.08. The van der Waals surface area contributed by atoms with Gasteiger partial charge in [-0.05, 0) is 50.2 Å². The van der Waals surface area contributed by atoms with E-state index in [1.54, 1.807) is 0 Å². The maximum Gasteiger partial charge on any atom is 0.162 e. The molecule has 22 heavy (non-hydrogen) atoms. The molecular weight excluding hydrogens is 274 g/mol. The third-order valence-electron chi connectivity index (χ3n) is 3.72. The number of ketones is 1. The molecule has 2 aromatic carbocycles. The number of benzene rings is 2. The van der Waals surface area contributed by atoms with Gasteiger partial charge in [0.05, 0.1) is 0 Å². The van der Waals surface area contributed by atoms with E-state index in [1.807, 2.05) is 61.6 Å². The molecule has 0 amide bonds. The lowest BCUT2D eigenvalue weighted by Gasteiger charge is -2.09. The van der Waals surface area contributed by atoms with Crippen LogP contribution in [-0.4, -0.2) is 18.9 Å². The number of carbonyl (C=O) groups excluding carboxylic acids is 1. The van der Waals surface area contributed by atoms with Crippen LogP contribution < -0.4 is 10.1 Å². The Labute approximate surface area is 132 Å². The van der Waals surface area contributed by atoms with Crippen molar-refractivity contribution in [3.05, 3.63) is 65.7 Å². The van der Waals surface area contributed by atoms with Crippen LogP contribution in [0.25, 0.3) is 0 Å². The summed E-state index contributed by atoms with van der Waals surface area (Å²) >= 11 is 0. The van der Waals surface area contributed by atoms with E-state index in [9.17, 15) is 4.79 Å². The van der Waals surface area contributed by atoms with E-state index in [0.29, 0.717) is 19.1 Å². The van der Waals surface area contributed by atoms with Gasteiger partial charge in [-0.15, -0.1) is 0 Å². The van der Waals surface area contributed by atoms with Crippen LogP contribution in [0.4, 0.5) is 0 Å². The Balaban J connectivity index is 1.86. The monoisotopic (exact) mass is 297 g/mol. The fourth-order valence-electron chi connectivity index (χ4n) is 2.11. The number of hydrogen-bond acceptors (Lipinski definition) is 3. The van der Waals surface area contributed by atoms with Gasteiger partial charge in [0.25, 0.3) is 0 Å². The molecule has 1 atom stereocenters. The van der Waals surface area contributed by atoms with E-state index in [-0.39, 0.29) is 5.78 Å². The first kappa shape index (κ1) is 16.2. The van der Waals surface area contributed by atoms with Crippen molar-refractivity contribution < 1.29 is 9.53 Å². The third kappa shape index (κ3) is 5.01. The van der Waals surface area contributed by atoms with Crippen molar-refractivity contribution >= 4 is 5.78 Å². The van der Waals surface area contributed by atoms with Crippen LogP contribution in [-0.2, 0) is 6.61 Å². The Kier molecular flexibility index (Phi) is 6.16. The highest BCUT2D eigenvalue weighted by atomic mass is 16.5. The van der Waals surface area contributed by atoms with Crippen LogP contribution in [0.3, 0.4) is 0 Å². The Morgan fingerprint density at radius 3 is 2.41 bits per heavy atom. The number of Topliss-reactive ketones (excluding diaryl/α,β-unsaturated/α-hetero) is 1. The van der Waals surface area contributed by atoms with Gasteiger partial charge in [-0.2, -0.15) is 0 Å². The van der Waals surface area contributed by atoms with Gasteiger partial charge >= 0.3 is 0 Å². The van der Waals surface area contributed by atoms with E-state index in [2.05, 4.69) is 12.2 Å². The van der Waals surface area contributed by atoms with E-state index < -0.39 is 0 Å². The molecule has 0 saturated carbocycles. The molecule has 0 fully saturated rings. The van der Waals surface area contributed by atoms with Crippen LogP contribution >= 0.6 is 0 Å². The zero-order valence-corrected chi connectivity index (χ0v) is 13.2. The molecule has 3 nitrogen and oxygen atoms in total. The highest BCUT2D eigenvalue weighted by molar-refractivity contribution is 5.96. The van der Waals surface area contributed by atoms with Gasteiger partial charge in [-0.3, -0.25) is 4.79 Å². The first-order valence-corrected chi connectivity index (χ1v) is 7.66. The molecule has 0 aromatic heterocycles. The summed E-state index contributed by atoms with van der Waals surface area (Å²) in [4.78, 5) is 12.1. The Morgan fingerprint density at radius 2 is 1.77 bits per heavy atom. The molecule has 2 aromatic rings. The van der Waals surface area contributed by atoms with Gasteiger partial charge in [-0.25, -0.2) is 0 Å². The minimum Gasteiger partial charge on any atom is -0.489 e. The normalized spacial score (nSPS) is 11.9. The molecule has 0 heterocycles. The lowest BCUT2D eigenvalue weighted by atomic mass is 10.0.